The van der Waals surface area contributed by atoms with Gasteiger partial charge in [0.05, 0.1) is 16.2 Å². The van der Waals surface area contributed by atoms with Crippen LogP contribution in [0.15, 0.2) is 113 Å². The monoisotopic (exact) mass is 538 g/mol. The maximum atomic E-state index is 12.1. The van der Waals surface area contributed by atoms with E-state index in [0.717, 1.165) is 16.8 Å². The third-order valence-corrected chi connectivity index (χ3v) is 7.31. The molecule has 11 heteroatoms. The second kappa shape index (κ2) is 11.3. The fraction of sp³-hybridized carbons (Fsp3) is 0.0714. The number of aromatic nitrogens is 4. The van der Waals surface area contributed by atoms with Gasteiger partial charge in [-0.1, -0.05) is 60.7 Å². The maximum Gasteiger partial charge on any atom is 0.240 e. The quantitative estimate of drug-likeness (QED) is 0.181. The van der Waals surface area contributed by atoms with Gasteiger partial charge < -0.3 is 5.32 Å². The molecular formula is C28H26N8O2S. The Hall–Kier alpha value is -4.87. The lowest BCUT2D eigenvalue weighted by atomic mass is 10.1. The first-order valence-corrected chi connectivity index (χ1v) is 13.6. The van der Waals surface area contributed by atoms with Crippen LogP contribution in [0.4, 0.5) is 17.5 Å². The van der Waals surface area contributed by atoms with Crippen molar-refractivity contribution in [1.29, 1.82) is 0 Å². The number of sulfonamides is 1. The van der Waals surface area contributed by atoms with Crippen LogP contribution in [0.5, 0.6) is 0 Å². The third-order valence-electron chi connectivity index (χ3n) is 5.88. The first-order valence-electron chi connectivity index (χ1n) is 12.1. The minimum absolute atomic E-state index is 0.178. The summed E-state index contributed by atoms with van der Waals surface area (Å²) in [7, 11) is -2.15. The van der Waals surface area contributed by atoms with E-state index in [-0.39, 0.29) is 4.90 Å². The highest BCUT2D eigenvalue weighted by atomic mass is 32.2. The molecule has 0 aliphatic heterocycles. The van der Waals surface area contributed by atoms with E-state index in [9.17, 15) is 8.42 Å². The van der Waals surface area contributed by atoms with Gasteiger partial charge >= 0.3 is 0 Å². The molecule has 0 aliphatic rings. The summed E-state index contributed by atoms with van der Waals surface area (Å²) in [6.07, 6.45) is 3.51. The Balaban J connectivity index is 1.58. The number of anilines is 3. The van der Waals surface area contributed by atoms with E-state index < -0.39 is 10.0 Å². The number of rotatable bonds is 9. The lowest BCUT2D eigenvalue weighted by Gasteiger charge is -2.16. The molecule has 0 unspecified atom stereocenters. The van der Waals surface area contributed by atoms with Gasteiger partial charge in [-0.2, -0.15) is 20.2 Å². The number of hydrogen-bond acceptors (Lipinski definition) is 8. The van der Waals surface area contributed by atoms with Crippen molar-refractivity contribution in [3.8, 4) is 16.9 Å². The Morgan fingerprint density at radius 2 is 1.56 bits per heavy atom. The SMILES string of the molecule is CNS(=O)(=O)c1ccc(C(C)=NNc2nc(Nc3ccccc3)nc(-n3cccn3)c2-c2ccccc2)cc1. The van der Waals surface area contributed by atoms with E-state index in [2.05, 4.69) is 25.7 Å². The molecule has 196 valence electrons. The molecule has 0 bridgehead atoms. The van der Waals surface area contributed by atoms with Gasteiger partial charge in [-0.05, 0) is 55.4 Å². The van der Waals surface area contributed by atoms with E-state index in [1.807, 2.05) is 79.9 Å². The summed E-state index contributed by atoms with van der Waals surface area (Å²) in [5.74, 6) is 1.40. The summed E-state index contributed by atoms with van der Waals surface area (Å²) >= 11 is 0. The molecule has 0 radical (unpaired) electrons. The molecule has 0 atom stereocenters. The minimum atomic E-state index is -3.53. The second-order valence-corrected chi connectivity index (χ2v) is 10.3. The molecular weight excluding hydrogens is 512 g/mol. The summed E-state index contributed by atoms with van der Waals surface area (Å²) in [4.78, 5) is 9.75. The molecule has 5 aromatic rings. The molecule has 3 N–H and O–H groups in total. The molecule has 10 nitrogen and oxygen atoms in total. The number of nitrogens with zero attached hydrogens (tertiary/aromatic N) is 5. The molecule has 0 spiro atoms. The van der Waals surface area contributed by atoms with Crippen molar-refractivity contribution in [2.24, 2.45) is 5.10 Å². The van der Waals surface area contributed by atoms with E-state index in [0.29, 0.717) is 28.9 Å². The summed E-state index contributed by atoms with van der Waals surface area (Å²) in [6, 6.07) is 27.7. The van der Waals surface area contributed by atoms with Crippen LogP contribution in [0.2, 0.25) is 0 Å². The summed E-state index contributed by atoms with van der Waals surface area (Å²) < 4.78 is 28.2. The lowest BCUT2D eigenvalue weighted by molar-refractivity contribution is 0.588. The van der Waals surface area contributed by atoms with Gasteiger partial charge in [-0.15, -0.1) is 0 Å². The molecule has 0 amide bonds. The van der Waals surface area contributed by atoms with Gasteiger partial charge in [0, 0.05) is 18.1 Å². The van der Waals surface area contributed by atoms with Gasteiger partial charge in [0.15, 0.2) is 11.6 Å². The van der Waals surface area contributed by atoms with Crippen molar-refractivity contribution in [2.45, 2.75) is 11.8 Å². The van der Waals surface area contributed by atoms with Gasteiger partial charge in [-0.25, -0.2) is 17.8 Å². The van der Waals surface area contributed by atoms with Crippen molar-refractivity contribution < 1.29 is 8.42 Å². The fourth-order valence-electron chi connectivity index (χ4n) is 3.86. The Bertz CT molecular complexity index is 1690. The van der Waals surface area contributed by atoms with Crippen molar-refractivity contribution in [3.63, 3.8) is 0 Å². The van der Waals surface area contributed by atoms with Gasteiger partial charge in [0.2, 0.25) is 16.0 Å². The Kier molecular flexibility index (Phi) is 7.43. The third kappa shape index (κ3) is 5.84. The largest absolute Gasteiger partial charge is 0.324 e. The number of nitrogens with one attached hydrogen (secondary N) is 3. The molecule has 0 saturated heterocycles. The summed E-state index contributed by atoms with van der Waals surface area (Å²) in [6.45, 7) is 1.83. The van der Waals surface area contributed by atoms with Gasteiger partial charge in [0.1, 0.15) is 0 Å². The minimum Gasteiger partial charge on any atom is -0.324 e. The average molecular weight is 539 g/mol. The highest BCUT2D eigenvalue weighted by Gasteiger charge is 2.19. The summed E-state index contributed by atoms with van der Waals surface area (Å²) in [5.41, 5.74) is 6.94. The van der Waals surface area contributed by atoms with E-state index in [1.165, 1.54) is 19.2 Å². The molecule has 0 aliphatic carbocycles. The predicted molar refractivity (Wildman–Crippen MR) is 153 cm³/mol. The van der Waals surface area contributed by atoms with Crippen LogP contribution < -0.4 is 15.5 Å². The Labute approximate surface area is 226 Å². The molecule has 5 rings (SSSR count). The van der Waals surface area contributed by atoms with Crippen LogP contribution in [0.25, 0.3) is 16.9 Å². The van der Waals surface area contributed by atoms with Crippen LogP contribution in [-0.4, -0.2) is 40.9 Å². The topological polar surface area (TPSA) is 126 Å². The highest BCUT2D eigenvalue weighted by Crippen LogP contribution is 2.33. The van der Waals surface area contributed by atoms with Crippen LogP contribution in [0, 0.1) is 0 Å². The standard InChI is InChI=1S/C28H26N8O2S/c1-20(21-14-16-24(17-15-21)39(37,38)29-2)34-35-26-25(22-10-5-3-6-11-22)27(36-19-9-18-30-36)33-28(32-26)31-23-12-7-4-8-13-23/h3-19,29H,1-2H3,(H2,31,32,33,35). The Morgan fingerprint density at radius 1 is 0.872 bits per heavy atom. The van der Waals surface area contributed by atoms with Crippen molar-refractivity contribution in [2.75, 3.05) is 17.8 Å². The number of para-hydroxylation sites is 1. The predicted octanol–water partition coefficient (Wildman–Crippen LogP) is 4.82. The molecule has 2 heterocycles. The van der Waals surface area contributed by atoms with Crippen molar-refractivity contribution in [3.05, 3.63) is 109 Å². The van der Waals surface area contributed by atoms with E-state index >= 15 is 0 Å². The molecule has 0 fully saturated rings. The zero-order valence-corrected chi connectivity index (χ0v) is 22.1. The lowest BCUT2D eigenvalue weighted by Crippen LogP contribution is -2.18. The molecule has 3 aromatic carbocycles. The van der Waals surface area contributed by atoms with E-state index in [4.69, 9.17) is 9.97 Å². The summed E-state index contributed by atoms with van der Waals surface area (Å²) in [5, 5.41) is 12.3. The maximum absolute atomic E-state index is 12.1. The fourth-order valence-corrected chi connectivity index (χ4v) is 4.59. The van der Waals surface area contributed by atoms with Crippen LogP contribution in [0.3, 0.4) is 0 Å². The molecule has 39 heavy (non-hydrogen) atoms. The van der Waals surface area contributed by atoms with Crippen LogP contribution in [-0.2, 0) is 10.0 Å². The second-order valence-electron chi connectivity index (χ2n) is 8.44. The smallest absolute Gasteiger partial charge is 0.240 e. The highest BCUT2D eigenvalue weighted by molar-refractivity contribution is 7.89. The zero-order chi connectivity index (χ0) is 27.2. The van der Waals surface area contributed by atoms with Crippen LogP contribution in [0.1, 0.15) is 12.5 Å². The Morgan fingerprint density at radius 3 is 2.21 bits per heavy atom. The first-order chi connectivity index (χ1) is 18.9. The number of benzene rings is 3. The normalized spacial score (nSPS) is 11.8. The first kappa shape index (κ1) is 25.8. The van der Waals surface area contributed by atoms with Crippen molar-refractivity contribution >= 4 is 33.2 Å². The molecule has 2 aromatic heterocycles. The zero-order valence-electron chi connectivity index (χ0n) is 21.3. The van der Waals surface area contributed by atoms with Crippen LogP contribution >= 0.6 is 0 Å². The van der Waals surface area contributed by atoms with E-state index in [1.54, 1.807) is 23.0 Å². The average Bonchev–Trinajstić information content (AvgIpc) is 3.52. The molecule has 0 saturated carbocycles. The van der Waals surface area contributed by atoms with Gasteiger partial charge in [-0.3, -0.25) is 5.43 Å². The number of hydrazone groups is 1. The van der Waals surface area contributed by atoms with Crippen molar-refractivity contribution in [1.82, 2.24) is 24.5 Å². The van der Waals surface area contributed by atoms with Gasteiger partial charge in [0.25, 0.3) is 0 Å². The number of hydrogen-bond donors (Lipinski definition) is 3.